The van der Waals surface area contributed by atoms with Crippen LogP contribution in [0.3, 0.4) is 0 Å². The summed E-state index contributed by atoms with van der Waals surface area (Å²) in [4.78, 5) is 25.1. The Morgan fingerprint density at radius 1 is 1.14 bits per heavy atom. The SMILES string of the molecule is CC1CCN(c2ncc(C(=O)N3CCOCC3)cn2)CC1. The van der Waals surface area contributed by atoms with Gasteiger partial charge >= 0.3 is 0 Å². The first kappa shape index (κ1) is 14.3. The minimum absolute atomic E-state index is 0.00267. The van der Waals surface area contributed by atoms with Gasteiger partial charge in [-0.2, -0.15) is 0 Å². The lowest BCUT2D eigenvalue weighted by atomic mass is 10.00. The maximum atomic E-state index is 12.3. The summed E-state index contributed by atoms with van der Waals surface area (Å²) in [7, 11) is 0. The molecule has 0 radical (unpaired) electrons. The molecule has 0 N–H and O–H groups in total. The lowest BCUT2D eigenvalue weighted by Crippen LogP contribution is -2.40. The third-order valence-electron chi connectivity index (χ3n) is 4.25. The number of anilines is 1. The Labute approximate surface area is 125 Å². The number of rotatable bonds is 2. The van der Waals surface area contributed by atoms with Crippen LogP contribution in [0.5, 0.6) is 0 Å². The van der Waals surface area contributed by atoms with Gasteiger partial charge in [0.2, 0.25) is 5.95 Å². The summed E-state index contributed by atoms with van der Waals surface area (Å²) in [5.41, 5.74) is 0.561. The lowest BCUT2D eigenvalue weighted by Gasteiger charge is -2.30. The van der Waals surface area contributed by atoms with Gasteiger partial charge in [0, 0.05) is 38.6 Å². The van der Waals surface area contributed by atoms with Crippen molar-refractivity contribution < 1.29 is 9.53 Å². The molecule has 2 aliphatic rings. The molecule has 3 heterocycles. The second kappa shape index (κ2) is 6.39. The van der Waals surface area contributed by atoms with Gasteiger partial charge in [-0.3, -0.25) is 4.79 Å². The molecule has 0 spiro atoms. The Hall–Kier alpha value is -1.69. The van der Waals surface area contributed by atoms with Crippen molar-refractivity contribution in [2.45, 2.75) is 19.8 Å². The molecule has 2 fully saturated rings. The van der Waals surface area contributed by atoms with Crippen molar-refractivity contribution >= 4 is 11.9 Å². The zero-order valence-corrected chi connectivity index (χ0v) is 12.5. The van der Waals surface area contributed by atoms with Crippen LogP contribution < -0.4 is 4.90 Å². The predicted molar refractivity (Wildman–Crippen MR) is 79.4 cm³/mol. The quantitative estimate of drug-likeness (QED) is 0.819. The van der Waals surface area contributed by atoms with Gasteiger partial charge in [0.1, 0.15) is 0 Å². The summed E-state index contributed by atoms with van der Waals surface area (Å²) in [6, 6.07) is 0. The smallest absolute Gasteiger partial charge is 0.257 e. The van der Waals surface area contributed by atoms with Crippen LogP contribution in [-0.2, 0) is 4.74 Å². The Balaban J connectivity index is 1.64. The Morgan fingerprint density at radius 3 is 2.38 bits per heavy atom. The predicted octanol–water partition coefficient (Wildman–Crippen LogP) is 1.19. The number of hydrogen-bond donors (Lipinski definition) is 0. The van der Waals surface area contributed by atoms with Crippen LogP contribution in [-0.4, -0.2) is 60.2 Å². The summed E-state index contributed by atoms with van der Waals surface area (Å²) >= 11 is 0. The zero-order valence-electron chi connectivity index (χ0n) is 12.5. The van der Waals surface area contributed by atoms with Crippen LogP contribution in [0.2, 0.25) is 0 Å². The Kier molecular flexibility index (Phi) is 4.34. The van der Waals surface area contributed by atoms with Crippen molar-refractivity contribution in [3.63, 3.8) is 0 Å². The van der Waals surface area contributed by atoms with Crippen molar-refractivity contribution in [3.05, 3.63) is 18.0 Å². The fourth-order valence-corrected chi connectivity index (χ4v) is 2.75. The van der Waals surface area contributed by atoms with Crippen LogP contribution in [0.25, 0.3) is 0 Å². The van der Waals surface area contributed by atoms with Crippen molar-refractivity contribution in [2.75, 3.05) is 44.3 Å². The number of carbonyl (C=O) groups excluding carboxylic acids is 1. The lowest BCUT2D eigenvalue weighted by molar-refractivity contribution is 0.0302. The Morgan fingerprint density at radius 2 is 1.76 bits per heavy atom. The van der Waals surface area contributed by atoms with E-state index >= 15 is 0 Å². The van der Waals surface area contributed by atoms with E-state index in [1.165, 1.54) is 12.8 Å². The number of nitrogens with zero attached hydrogens (tertiary/aromatic N) is 4. The van der Waals surface area contributed by atoms with E-state index in [1.807, 2.05) is 0 Å². The molecular weight excluding hydrogens is 268 g/mol. The molecule has 0 unspecified atom stereocenters. The van der Waals surface area contributed by atoms with Gasteiger partial charge in [-0.05, 0) is 18.8 Å². The number of aromatic nitrogens is 2. The minimum atomic E-state index is -0.00267. The number of morpholine rings is 1. The van der Waals surface area contributed by atoms with E-state index < -0.39 is 0 Å². The summed E-state index contributed by atoms with van der Waals surface area (Å²) < 4.78 is 5.26. The van der Waals surface area contributed by atoms with E-state index in [0.29, 0.717) is 31.9 Å². The zero-order chi connectivity index (χ0) is 14.7. The van der Waals surface area contributed by atoms with E-state index in [1.54, 1.807) is 17.3 Å². The first-order valence-corrected chi connectivity index (χ1v) is 7.68. The van der Waals surface area contributed by atoms with E-state index in [9.17, 15) is 4.79 Å². The molecule has 0 aliphatic carbocycles. The molecule has 3 rings (SSSR count). The second-order valence-corrected chi connectivity index (χ2v) is 5.85. The monoisotopic (exact) mass is 290 g/mol. The normalized spacial score (nSPS) is 20.6. The molecule has 2 aliphatic heterocycles. The van der Waals surface area contributed by atoms with Crippen LogP contribution in [0.1, 0.15) is 30.1 Å². The highest BCUT2D eigenvalue weighted by Gasteiger charge is 2.21. The second-order valence-electron chi connectivity index (χ2n) is 5.85. The third kappa shape index (κ3) is 3.32. The van der Waals surface area contributed by atoms with Crippen LogP contribution in [0.15, 0.2) is 12.4 Å². The van der Waals surface area contributed by atoms with Crippen molar-refractivity contribution in [1.29, 1.82) is 0 Å². The Bertz CT molecular complexity index is 477. The van der Waals surface area contributed by atoms with Gasteiger partial charge < -0.3 is 14.5 Å². The average molecular weight is 290 g/mol. The number of ether oxygens (including phenoxy) is 1. The van der Waals surface area contributed by atoms with Gasteiger partial charge in [0.15, 0.2) is 0 Å². The summed E-state index contributed by atoms with van der Waals surface area (Å²) in [6.45, 7) is 6.78. The minimum Gasteiger partial charge on any atom is -0.378 e. The maximum absolute atomic E-state index is 12.3. The summed E-state index contributed by atoms with van der Waals surface area (Å²) in [5.74, 6) is 1.51. The number of piperidine rings is 1. The molecular formula is C15H22N4O2. The topological polar surface area (TPSA) is 58.6 Å². The number of amides is 1. The van der Waals surface area contributed by atoms with Gasteiger partial charge in [-0.15, -0.1) is 0 Å². The van der Waals surface area contributed by atoms with Gasteiger partial charge in [-0.1, -0.05) is 6.92 Å². The fraction of sp³-hybridized carbons (Fsp3) is 0.667. The molecule has 0 saturated carbocycles. The van der Waals surface area contributed by atoms with E-state index in [-0.39, 0.29) is 5.91 Å². The summed E-state index contributed by atoms with van der Waals surface area (Å²) in [5, 5.41) is 0. The van der Waals surface area contributed by atoms with E-state index in [2.05, 4.69) is 21.8 Å². The maximum Gasteiger partial charge on any atom is 0.257 e. The number of carbonyl (C=O) groups is 1. The van der Waals surface area contributed by atoms with Crippen LogP contribution in [0, 0.1) is 5.92 Å². The number of hydrogen-bond acceptors (Lipinski definition) is 5. The average Bonchev–Trinajstić information content (AvgIpc) is 2.56. The van der Waals surface area contributed by atoms with Gasteiger partial charge in [0.25, 0.3) is 5.91 Å². The van der Waals surface area contributed by atoms with Gasteiger partial charge in [-0.25, -0.2) is 9.97 Å². The molecule has 6 nitrogen and oxygen atoms in total. The van der Waals surface area contributed by atoms with Gasteiger partial charge in [0.05, 0.1) is 18.8 Å². The van der Waals surface area contributed by atoms with Crippen LogP contribution in [0.4, 0.5) is 5.95 Å². The van der Waals surface area contributed by atoms with Crippen molar-refractivity contribution in [2.24, 2.45) is 5.92 Å². The largest absolute Gasteiger partial charge is 0.378 e. The molecule has 6 heteroatoms. The van der Waals surface area contributed by atoms with Crippen LogP contribution >= 0.6 is 0 Å². The first-order chi connectivity index (χ1) is 10.2. The molecule has 114 valence electrons. The fourth-order valence-electron chi connectivity index (χ4n) is 2.75. The standard InChI is InChI=1S/C15H22N4O2/c1-12-2-4-19(5-3-12)15-16-10-13(11-17-15)14(20)18-6-8-21-9-7-18/h10-12H,2-9H2,1H3. The van der Waals surface area contributed by atoms with Crippen molar-refractivity contribution in [3.8, 4) is 0 Å². The highest BCUT2D eigenvalue weighted by Crippen LogP contribution is 2.19. The molecule has 0 bridgehead atoms. The molecule has 21 heavy (non-hydrogen) atoms. The van der Waals surface area contributed by atoms with Crippen molar-refractivity contribution in [1.82, 2.24) is 14.9 Å². The third-order valence-corrected chi connectivity index (χ3v) is 4.25. The molecule has 2 saturated heterocycles. The first-order valence-electron chi connectivity index (χ1n) is 7.68. The highest BCUT2D eigenvalue weighted by molar-refractivity contribution is 5.93. The molecule has 0 aromatic carbocycles. The van der Waals surface area contributed by atoms with E-state index in [4.69, 9.17) is 4.74 Å². The molecule has 1 aromatic rings. The molecule has 1 amide bonds. The summed E-state index contributed by atoms with van der Waals surface area (Å²) in [6.07, 6.45) is 5.66. The van der Waals surface area contributed by atoms with E-state index in [0.717, 1.165) is 25.0 Å². The molecule has 0 atom stereocenters. The highest BCUT2D eigenvalue weighted by atomic mass is 16.5. The molecule has 1 aromatic heterocycles.